The van der Waals surface area contributed by atoms with Crippen molar-refractivity contribution in [3.05, 3.63) is 0 Å². The summed E-state index contributed by atoms with van der Waals surface area (Å²) in [7, 11) is 1.25. The molecular formula is C9H21NO4Si. The van der Waals surface area contributed by atoms with E-state index in [0.717, 1.165) is 12.8 Å². The summed E-state index contributed by atoms with van der Waals surface area (Å²) in [6, 6.07) is 0. The lowest BCUT2D eigenvalue weighted by molar-refractivity contribution is 0.126. The molecule has 0 bridgehead atoms. The van der Waals surface area contributed by atoms with Gasteiger partial charge in [0.05, 0.1) is 5.67 Å². The highest BCUT2D eigenvalue weighted by Crippen LogP contribution is 2.12. The zero-order valence-electron chi connectivity index (χ0n) is 9.90. The van der Waals surface area contributed by atoms with Gasteiger partial charge in [0.25, 0.3) is 0 Å². The molecule has 0 aliphatic heterocycles. The lowest BCUT2D eigenvalue weighted by Crippen LogP contribution is -2.50. The van der Waals surface area contributed by atoms with E-state index in [-0.39, 0.29) is 5.67 Å². The van der Waals surface area contributed by atoms with Crippen molar-refractivity contribution in [1.29, 1.82) is 0 Å². The molecule has 0 saturated carbocycles. The fourth-order valence-corrected chi connectivity index (χ4v) is 3.72. The van der Waals surface area contributed by atoms with Crippen LogP contribution < -0.4 is 0 Å². The first kappa shape index (κ1) is 14.4. The molecule has 0 aromatic carbocycles. The van der Waals surface area contributed by atoms with Crippen LogP contribution in [0.1, 0.15) is 26.7 Å². The highest BCUT2D eigenvalue weighted by molar-refractivity contribution is 6.46. The van der Waals surface area contributed by atoms with Crippen LogP contribution in [0, 0.1) is 0 Å². The molecule has 0 saturated heterocycles. The van der Waals surface area contributed by atoms with Gasteiger partial charge in [0, 0.05) is 20.8 Å². The molecule has 6 heteroatoms. The molecule has 0 fully saturated rings. The van der Waals surface area contributed by atoms with Crippen LogP contribution in [-0.4, -0.2) is 51.8 Å². The Balaban J connectivity index is 4.65. The second-order valence-electron chi connectivity index (χ2n) is 3.26. The minimum absolute atomic E-state index is 0.104. The Hall–Kier alpha value is -0.593. The van der Waals surface area contributed by atoms with Crippen molar-refractivity contribution < 1.29 is 18.8 Å². The molecule has 0 heterocycles. The summed E-state index contributed by atoms with van der Waals surface area (Å²) in [5.74, 6) is 0. The fraction of sp³-hybridized carbons (Fsp3) is 0.889. The fourth-order valence-electron chi connectivity index (χ4n) is 1.66. The molecule has 1 amide bonds. The van der Waals surface area contributed by atoms with Crippen molar-refractivity contribution in [3.8, 4) is 0 Å². The van der Waals surface area contributed by atoms with E-state index < -0.39 is 15.4 Å². The van der Waals surface area contributed by atoms with Gasteiger partial charge >= 0.3 is 15.4 Å². The summed E-state index contributed by atoms with van der Waals surface area (Å²) >= 11 is 0. The number of hydrogen-bond acceptors (Lipinski definition) is 3. The first-order chi connectivity index (χ1) is 7.12. The molecule has 1 atom stereocenters. The molecule has 0 aromatic heterocycles. The summed E-state index contributed by atoms with van der Waals surface area (Å²) in [6.45, 7) is 4.32. The quantitative estimate of drug-likeness (QED) is 0.674. The van der Waals surface area contributed by atoms with Crippen molar-refractivity contribution >= 4 is 15.4 Å². The van der Waals surface area contributed by atoms with E-state index in [1.165, 1.54) is 4.90 Å². The zero-order chi connectivity index (χ0) is 11.8. The second-order valence-corrected chi connectivity index (χ2v) is 5.71. The van der Waals surface area contributed by atoms with E-state index in [1.54, 1.807) is 14.2 Å². The van der Waals surface area contributed by atoms with Crippen LogP contribution in [0.15, 0.2) is 0 Å². The normalized spacial score (nSPS) is 12.9. The van der Waals surface area contributed by atoms with Crippen LogP contribution >= 0.6 is 0 Å². The number of rotatable bonds is 7. The lowest BCUT2D eigenvalue weighted by Gasteiger charge is -2.31. The van der Waals surface area contributed by atoms with Crippen molar-refractivity contribution in [2.45, 2.75) is 32.4 Å². The Bertz CT molecular complexity index is 187. The largest absolute Gasteiger partial charge is 0.465 e. The number of amides is 1. The van der Waals surface area contributed by atoms with E-state index in [4.69, 9.17) is 14.0 Å². The first-order valence-electron chi connectivity index (χ1n) is 5.17. The first-order valence-corrected chi connectivity index (χ1v) is 6.78. The maximum absolute atomic E-state index is 11.0. The summed E-state index contributed by atoms with van der Waals surface area (Å²) in [5, 5.41) is 9.05. The average Bonchev–Trinajstić information content (AvgIpc) is 2.20. The predicted octanol–water partition coefficient (Wildman–Crippen LogP) is 1.21. The van der Waals surface area contributed by atoms with Gasteiger partial charge in [0.15, 0.2) is 0 Å². The molecule has 1 N–H and O–H groups in total. The standard InChI is InChI=1S/C9H21NO4Si/c1-5-7-8(15(13-3)14-4)10(6-2)9(11)12/h8,15H,5-7H2,1-4H3,(H,11,12). The van der Waals surface area contributed by atoms with Crippen LogP contribution in [0.25, 0.3) is 0 Å². The lowest BCUT2D eigenvalue weighted by atomic mass is 10.3. The molecule has 0 radical (unpaired) electrons. The van der Waals surface area contributed by atoms with Crippen LogP contribution in [0.3, 0.4) is 0 Å². The van der Waals surface area contributed by atoms with E-state index in [9.17, 15) is 4.79 Å². The molecule has 5 nitrogen and oxygen atoms in total. The summed E-state index contributed by atoms with van der Waals surface area (Å²) in [4.78, 5) is 12.4. The highest BCUT2D eigenvalue weighted by Gasteiger charge is 2.31. The van der Waals surface area contributed by atoms with Gasteiger partial charge in [-0.15, -0.1) is 0 Å². The highest BCUT2D eigenvalue weighted by atomic mass is 28.3. The van der Waals surface area contributed by atoms with Gasteiger partial charge in [-0.2, -0.15) is 0 Å². The van der Waals surface area contributed by atoms with Gasteiger partial charge in [-0.05, 0) is 13.3 Å². The monoisotopic (exact) mass is 235 g/mol. The number of hydrogen-bond donors (Lipinski definition) is 1. The maximum Gasteiger partial charge on any atom is 0.407 e. The Labute approximate surface area is 92.8 Å². The van der Waals surface area contributed by atoms with E-state index in [0.29, 0.717) is 6.54 Å². The SMILES string of the molecule is CCCC(N(CC)C(=O)O)[SiH](OC)OC. The molecule has 15 heavy (non-hydrogen) atoms. The van der Waals surface area contributed by atoms with Gasteiger partial charge in [0.1, 0.15) is 0 Å². The van der Waals surface area contributed by atoms with Gasteiger partial charge in [-0.3, -0.25) is 0 Å². The Morgan fingerprint density at radius 3 is 2.20 bits per heavy atom. The third-order valence-corrected chi connectivity index (χ3v) is 4.60. The van der Waals surface area contributed by atoms with Crippen molar-refractivity contribution in [2.75, 3.05) is 20.8 Å². The smallest absolute Gasteiger partial charge is 0.407 e. The molecule has 0 aromatic rings. The number of carboxylic acid groups (broad SMARTS) is 1. The predicted molar refractivity (Wildman–Crippen MR) is 60.3 cm³/mol. The van der Waals surface area contributed by atoms with E-state index in [2.05, 4.69) is 0 Å². The van der Waals surface area contributed by atoms with Gasteiger partial charge < -0.3 is 18.9 Å². The Kier molecular flexibility index (Phi) is 7.36. The minimum Gasteiger partial charge on any atom is -0.465 e. The second kappa shape index (κ2) is 7.67. The zero-order valence-corrected chi connectivity index (χ0v) is 11.0. The van der Waals surface area contributed by atoms with Gasteiger partial charge in [-0.1, -0.05) is 13.3 Å². The average molecular weight is 235 g/mol. The van der Waals surface area contributed by atoms with Gasteiger partial charge in [0.2, 0.25) is 0 Å². The molecule has 0 rings (SSSR count). The van der Waals surface area contributed by atoms with Crippen LogP contribution in [0.4, 0.5) is 4.79 Å². The minimum atomic E-state index is -1.91. The van der Waals surface area contributed by atoms with Crippen LogP contribution in [-0.2, 0) is 8.85 Å². The third-order valence-electron chi connectivity index (χ3n) is 2.35. The van der Waals surface area contributed by atoms with Gasteiger partial charge in [-0.25, -0.2) is 4.79 Å². The molecule has 0 aliphatic carbocycles. The molecule has 1 unspecified atom stereocenters. The Morgan fingerprint density at radius 2 is 1.93 bits per heavy atom. The van der Waals surface area contributed by atoms with Crippen molar-refractivity contribution in [1.82, 2.24) is 4.90 Å². The molecule has 90 valence electrons. The molecule has 0 spiro atoms. The van der Waals surface area contributed by atoms with Crippen molar-refractivity contribution in [3.63, 3.8) is 0 Å². The Morgan fingerprint density at radius 1 is 1.40 bits per heavy atom. The topological polar surface area (TPSA) is 59.0 Å². The number of nitrogens with zero attached hydrogens (tertiary/aromatic N) is 1. The third kappa shape index (κ3) is 4.19. The summed E-state index contributed by atoms with van der Waals surface area (Å²) < 4.78 is 10.5. The van der Waals surface area contributed by atoms with E-state index >= 15 is 0 Å². The molecular weight excluding hydrogens is 214 g/mol. The number of carbonyl (C=O) groups is 1. The van der Waals surface area contributed by atoms with E-state index in [1.807, 2.05) is 13.8 Å². The molecule has 0 aliphatic rings. The maximum atomic E-state index is 11.0. The van der Waals surface area contributed by atoms with Crippen LogP contribution in [0.5, 0.6) is 0 Å². The van der Waals surface area contributed by atoms with Crippen LogP contribution in [0.2, 0.25) is 0 Å². The van der Waals surface area contributed by atoms with Crippen molar-refractivity contribution in [2.24, 2.45) is 0 Å². The summed E-state index contributed by atoms with van der Waals surface area (Å²) in [6.07, 6.45) is 0.811. The summed E-state index contributed by atoms with van der Waals surface area (Å²) in [5.41, 5.74) is -0.104.